The number of carbonyl (C=O) groups is 4. The maximum Gasteiger partial charge on any atom is 0.413 e. The van der Waals surface area contributed by atoms with Gasteiger partial charge >= 0.3 is 18.2 Å². The molecule has 0 radical (unpaired) electrons. The largest absolute Gasteiger partial charge is 0.444 e. The number of hydrogen-bond donors (Lipinski definition) is 1. The Morgan fingerprint density at radius 1 is 1.17 bits per heavy atom. The van der Waals surface area contributed by atoms with Crippen LogP contribution in [0.5, 0.6) is 0 Å². The maximum atomic E-state index is 13.2. The average Bonchev–Trinajstić information content (AvgIpc) is 2.81. The van der Waals surface area contributed by atoms with Gasteiger partial charge in [-0.2, -0.15) is 0 Å². The van der Waals surface area contributed by atoms with Crippen molar-refractivity contribution in [3.63, 3.8) is 0 Å². The average molecular weight is 525 g/mol. The first kappa shape index (κ1) is 29.4. The van der Waals surface area contributed by atoms with Gasteiger partial charge < -0.3 is 19.5 Å². The van der Waals surface area contributed by atoms with Crippen molar-refractivity contribution >= 4 is 35.5 Å². The van der Waals surface area contributed by atoms with Crippen molar-refractivity contribution in [1.29, 1.82) is 0 Å². The summed E-state index contributed by atoms with van der Waals surface area (Å²) in [5.74, 6) is -1.15. The molecule has 9 nitrogen and oxygen atoms in total. The summed E-state index contributed by atoms with van der Waals surface area (Å²) >= 11 is 6.42. The van der Waals surface area contributed by atoms with Gasteiger partial charge in [0.1, 0.15) is 17.2 Å². The smallest absolute Gasteiger partial charge is 0.413 e. The summed E-state index contributed by atoms with van der Waals surface area (Å²) in [6.07, 6.45) is 1.17. The van der Waals surface area contributed by atoms with Gasteiger partial charge in [-0.1, -0.05) is 50.1 Å². The fourth-order valence-electron chi connectivity index (χ4n) is 4.21. The number of ketones is 1. The first-order chi connectivity index (χ1) is 16.8. The van der Waals surface area contributed by atoms with E-state index in [2.05, 4.69) is 5.32 Å². The summed E-state index contributed by atoms with van der Waals surface area (Å²) in [6, 6.07) is 5.93. The van der Waals surface area contributed by atoms with E-state index in [1.54, 1.807) is 52.0 Å². The molecule has 1 saturated carbocycles. The Morgan fingerprint density at radius 2 is 1.83 bits per heavy atom. The van der Waals surface area contributed by atoms with Crippen LogP contribution in [0.2, 0.25) is 5.02 Å². The second-order valence-corrected chi connectivity index (χ2v) is 10.4. The highest BCUT2D eigenvalue weighted by molar-refractivity contribution is 6.31. The second-order valence-electron chi connectivity index (χ2n) is 10.0. The topological polar surface area (TPSA) is 111 Å². The van der Waals surface area contributed by atoms with E-state index >= 15 is 0 Å². The molecular formula is C26H37ClN2O7. The number of carbonyl (C=O) groups excluding carboxylic acids is 4. The molecule has 1 aromatic carbocycles. The molecule has 1 aliphatic carbocycles. The van der Waals surface area contributed by atoms with Crippen LogP contribution >= 0.6 is 11.6 Å². The molecule has 36 heavy (non-hydrogen) atoms. The van der Waals surface area contributed by atoms with Crippen LogP contribution in [0.1, 0.15) is 72.3 Å². The van der Waals surface area contributed by atoms with E-state index in [-0.39, 0.29) is 11.7 Å². The molecule has 1 N–H and O–H groups in total. The van der Waals surface area contributed by atoms with Gasteiger partial charge in [-0.25, -0.2) is 14.4 Å². The van der Waals surface area contributed by atoms with E-state index in [9.17, 15) is 19.2 Å². The molecule has 0 spiro atoms. The van der Waals surface area contributed by atoms with Gasteiger partial charge in [0.15, 0.2) is 5.78 Å². The van der Waals surface area contributed by atoms with Crippen LogP contribution in [-0.4, -0.2) is 54.3 Å². The highest BCUT2D eigenvalue weighted by Crippen LogP contribution is 2.42. The number of nitrogens with one attached hydrogen (secondary N) is 1. The molecule has 2 amide bonds. The van der Waals surface area contributed by atoms with Gasteiger partial charge in [0.2, 0.25) is 6.79 Å². The summed E-state index contributed by atoms with van der Waals surface area (Å²) in [5, 5.41) is 2.91. The van der Waals surface area contributed by atoms with Gasteiger partial charge in [-0.3, -0.25) is 9.69 Å². The molecule has 0 heterocycles. The number of likely N-dealkylation sites (N-methyl/N-ethyl adjacent to an activating group) is 1. The lowest BCUT2D eigenvalue weighted by Gasteiger charge is -2.43. The molecule has 1 unspecified atom stereocenters. The van der Waals surface area contributed by atoms with Gasteiger partial charge in [-0.05, 0) is 52.0 Å². The summed E-state index contributed by atoms with van der Waals surface area (Å²) in [5.41, 5.74) is -1.47. The highest BCUT2D eigenvalue weighted by atomic mass is 35.5. The zero-order valence-electron chi connectivity index (χ0n) is 21.9. The molecule has 0 saturated heterocycles. The minimum atomic E-state index is -1.27. The molecule has 0 bridgehead atoms. The van der Waals surface area contributed by atoms with E-state index < -0.39 is 42.1 Å². The van der Waals surface area contributed by atoms with E-state index in [0.29, 0.717) is 29.8 Å². The predicted molar refractivity (Wildman–Crippen MR) is 134 cm³/mol. The lowest BCUT2D eigenvalue weighted by Crippen LogP contribution is -2.54. The SMILES string of the molecule is CCC(C)[C@H](NC(=O)OC(C)(C)C)C(=O)OCOC(=O)N(C)[C@]1(c2ccccc2Cl)CCCCC1=O. The van der Waals surface area contributed by atoms with Gasteiger partial charge in [0.25, 0.3) is 0 Å². The van der Waals surface area contributed by atoms with E-state index in [1.807, 2.05) is 6.92 Å². The summed E-state index contributed by atoms with van der Waals surface area (Å²) < 4.78 is 15.6. The Balaban J connectivity index is 2.09. The third kappa shape index (κ3) is 7.12. The Kier molecular flexibility index (Phi) is 10.2. The number of nitrogens with zero attached hydrogens (tertiary/aromatic N) is 1. The third-order valence-corrected chi connectivity index (χ3v) is 6.67. The molecule has 10 heteroatoms. The second kappa shape index (κ2) is 12.4. The number of alkyl carbamates (subject to hydrolysis) is 1. The number of rotatable bonds is 8. The summed E-state index contributed by atoms with van der Waals surface area (Å²) in [6.45, 7) is 8.11. The van der Waals surface area contributed by atoms with Crippen LogP contribution < -0.4 is 5.32 Å². The molecule has 200 valence electrons. The van der Waals surface area contributed by atoms with Crippen molar-refractivity contribution in [2.75, 3.05) is 13.8 Å². The lowest BCUT2D eigenvalue weighted by atomic mass is 9.74. The highest BCUT2D eigenvalue weighted by Gasteiger charge is 2.48. The zero-order chi connectivity index (χ0) is 27.1. The Labute approximate surface area is 217 Å². The molecule has 3 atom stereocenters. The minimum Gasteiger partial charge on any atom is -0.444 e. The van der Waals surface area contributed by atoms with Crippen LogP contribution in [0.25, 0.3) is 0 Å². The number of ether oxygens (including phenoxy) is 3. The normalized spacial score (nSPS) is 19.6. The molecule has 1 aromatic rings. The molecule has 0 aromatic heterocycles. The zero-order valence-corrected chi connectivity index (χ0v) is 22.6. The van der Waals surface area contributed by atoms with Gasteiger partial charge in [0.05, 0.1) is 0 Å². The van der Waals surface area contributed by atoms with Crippen molar-refractivity contribution in [3.05, 3.63) is 34.9 Å². The minimum absolute atomic E-state index is 0.128. The standard InChI is InChI=1S/C26H37ClN2O7/c1-7-17(2)21(28-23(32)36-25(3,4)5)22(31)34-16-35-24(33)29(6)26(15-11-10-14-20(26)30)18-12-8-9-13-19(18)27/h8-9,12-13,17,21H,7,10-11,14-16H2,1-6H3,(H,28,32)/t17?,21-,26-/m0/s1. The lowest BCUT2D eigenvalue weighted by molar-refractivity contribution is -0.157. The van der Waals surface area contributed by atoms with Crippen LogP contribution in [0.4, 0.5) is 9.59 Å². The van der Waals surface area contributed by atoms with E-state index in [1.165, 1.54) is 11.9 Å². The Hall–Kier alpha value is -2.81. The number of halogens is 1. The number of benzene rings is 1. The Bertz CT molecular complexity index is 962. The molecule has 1 aliphatic rings. The van der Waals surface area contributed by atoms with Crippen LogP contribution in [0, 0.1) is 5.92 Å². The molecule has 0 aliphatic heterocycles. The summed E-state index contributed by atoms with van der Waals surface area (Å²) in [4.78, 5) is 52.3. The van der Waals surface area contributed by atoms with Crippen molar-refractivity contribution in [1.82, 2.24) is 10.2 Å². The first-order valence-electron chi connectivity index (χ1n) is 12.2. The molecule has 2 rings (SSSR count). The van der Waals surface area contributed by atoms with Gasteiger partial charge in [0, 0.05) is 24.1 Å². The quantitative estimate of drug-likeness (QED) is 0.368. The van der Waals surface area contributed by atoms with Crippen LogP contribution in [-0.2, 0) is 29.3 Å². The van der Waals surface area contributed by atoms with Crippen molar-refractivity contribution in [2.45, 2.75) is 83.9 Å². The Morgan fingerprint density at radius 3 is 2.42 bits per heavy atom. The maximum absolute atomic E-state index is 13.2. The van der Waals surface area contributed by atoms with Crippen LogP contribution in [0.3, 0.4) is 0 Å². The fraction of sp³-hybridized carbons (Fsp3) is 0.615. The first-order valence-corrected chi connectivity index (χ1v) is 12.6. The van der Waals surface area contributed by atoms with Crippen molar-refractivity contribution in [2.24, 2.45) is 5.92 Å². The fourth-order valence-corrected chi connectivity index (χ4v) is 4.51. The van der Waals surface area contributed by atoms with Crippen LogP contribution in [0.15, 0.2) is 24.3 Å². The number of hydrogen-bond acceptors (Lipinski definition) is 7. The van der Waals surface area contributed by atoms with E-state index in [0.717, 1.165) is 12.8 Å². The molecule has 1 fully saturated rings. The van der Waals surface area contributed by atoms with E-state index in [4.69, 9.17) is 25.8 Å². The molecular weight excluding hydrogens is 488 g/mol. The number of Topliss-reactive ketones (excluding diaryl/α,β-unsaturated/α-hetero) is 1. The number of amides is 2. The van der Waals surface area contributed by atoms with Crippen molar-refractivity contribution < 1.29 is 33.4 Å². The van der Waals surface area contributed by atoms with Crippen molar-refractivity contribution in [3.8, 4) is 0 Å². The monoisotopic (exact) mass is 524 g/mol. The summed E-state index contributed by atoms with van der Waals surface area (Å²) in [7, 11) is 1.47. The predicted octanol–water partition coefficient (Wildman–Crippen LogP) is 5.19. The third-order valence-electron chi connectivity index (χ3n) is 6.34. The van der Waals surface area contributed by atoms with Gasteiger partial charge in [-0.15, -0.1) is 0 Å². The number of esters is 1.